The van der Waals surface area contributed by atoms with Crippen molar-refractivity contribution in [3.63, 3.8) is 0 Å². The summed E-state index contributed by atoms with van der Waals surface area (Å²) in [5, 5.41) is 2.89. The zero-order valence-corrected chi connectivity index (χ0v) is 16.4. The van der Waals surface area contributed by atoms with Crippen LogP contribution in [-0.2, 0) is 11.3 Å². The zero-order chi connectivity index (χ0) is 18.4. The van der Waals surface area contributed by atoms with Crippen LogP contribution in [0.15, 0.2) is 54.6 Å². The third-order valence-corrected chi connectivity index (χ3v) is 4.63. The quantitative estimate of drug-likeness (QED) is 0.774. The number of carbonyl (C=O) groups is 2. The van der Waals surface area contributed by atoms with Crippen LogP contribution < -0.4 is 5.32 Å². The second-order valence-electron chi connectivity index (χ2n) is 6.72. The number of hydrogen-bond donors (Lipinski definition) is 1. The molecule has 5 nitrogen and oxygen atoms in total. The molecule has 1 aliphatic rings. The van der Waals surface area contributed by atoms with E-state index in [1.165, 1.54) is 12.5 Å². The monoisotopic (exact) mass is 387 g/mol. The van der Waals surface area contributed by atoms with Gasteiger partial charge in [-0.25, -0.2) is 0 Å². The van der Waals surface area contributed by atoms with Gasteiger partial charge in [0.05, 0.1) is 6.54 Å². The molecule has 0 aromatic heterocycles. The molecule has 2 aromatic rings. The lowest BCUT2D eigenvalue weighted by Gasteiger charge is -2.34. The topological polar surface area (TPSA) is 52.7 Å². The fourth-order valence-corrected chi connectivity index (χ4v) is 3.17. The summed E-state index contributed by atoms with van der Waals surface area (Å²) in [4.78, 5) is 28.3. The Morgan fingerprint density at radius 2 is 1.59 bits per heavy atom. The van der Waals surface area contributed by atoms with Crippen molar-refractivity contribution in [1.82, 2.24) is 9.80 Å². The fraction of sp³-hybridized carbons (Fsp3) is 0.333. The summed E-state index contributed by atoms with van der Waals surface area (Å²) in [6, 6.07) is 17.5. The molecule has 1 fully saturated rings. The summed E-state index contributed by atoms with van der Waals surface area (Å²) in [5.74, 6) is -0.0437. The van der Waals surface area contributed by atoms with Gasteiger partial charge in [-0.3, -0.25) is 19.4 Å². The molecular formula is C21H26ClN3O2. The SMILES string of the molecule is CC(=O)c1cccc(NC(=O)CN2CCN(Cc3ccccc3)CC2)c1.Cl. The first-order valence-corrected chi connectivity index (χ1v) is 8.99. The molecule has 0 unspecified atom stereocenters. The number of nitrogens with zero attached hydrogens (tertiary/aromatic N) is 2. The number of rotatable bonds is 6. The van der Waals surface area contributed by atoms with Crippen LogP contribution >= 0.6 is 12.4 Å². The van der Waals surface area contributed by atoms with Crippen LogP contribution in [0.25, 0.3) is 0 Å². The molecule has 3 rings (SSSR count). The maximum atomic E-state index is 12.3. The van der Waals surface area contributed by atoms with Crippen molar-refractivity contribution in [3.05, 3.63) is 65.7 Å². The summed E-state index contributed by atoms with van der Waals surface area (Å²) in [6.45, 7) is 6.55. The van der Waals surface area contributed by atoms with Crippen LogP contribution in [0.1, 0.15) is 22.8 Å². The number of nitrogens with one attached hydrogen (secondary N) is 1. The average molecular weight is 388 g/mol. The molecule has 144 valence electrons. The Kier molecular flexibility index (Phi) is 7.98. The van der Waals surface area contributed by atoms with Gasteiger partial charge in [0.2, 0.25) is 5.91 Å². The first-order valence-electron chi connectivity index (χ1n) is 8.99. The third-order valence-electron chi connectivity index (χ3n) is 4.63. The highest BCUT2D eigenvalue weighted by molar-refractivity contribution is 5.97. The minimum Gasteiger partial charge on any atom is -0.325 e. The standard InChI is InChI=1S/C21H25N3O2.ClH/c1-17(25)19-8-5-9-20(14-19)22-21(26)16-24-12-10-23(11-13-24)15-18-6-3-2-4-7-18;/h2-9,14H,10-13,15-16H2,1H3,(H,22,26);1H. The summed E-state index contributed by atoms with van der Waals surface area (Å²) in [6.07, 6.45) is 0. The highest BCUT2D eigenvalue weighted by Gasteiger charge is 2.19. The first kappa shape index (κ1) is 21.1. The number of ketones is 1. The summed E-state index contributed by atoms with van der Waals surface area (Å²) in [7, 11) is 0. The van der Waals surface area contributed by atoms with Crippen LogP contribution in [0.2, 0.25) is 0 Å². The Balaban J connectivity index is 0.00000261. The molecule has 0 atom stereocenters. The molecule has 6 heteroatoms. The second kappa shape index (κ2) is 10.2. The fourth-order valence-electron chi connectivity index (χ4n) is 3.17. The molecule has 1 heterocycles. The van der Waals surface area contributed by atoms with E-state index < -0.39 is 0 Å². The Bertz CT molecular complexity index is 759. The predicted molar refractivity (Wildman–Crippen MR) is 110 cm³/mol. The van der Waals surface area contributed by atoms with Crippen LogP contribution in [0.3, 0.4) is 0 Å². The van der Waals surface area contributed by atoms with E-state index in [4.69, 9.17) is 0 Å². The number of benzene rings is 2. The Labute approximate surface area is 166 Å². The molecule has 0 saturated carbocycles. The van der Waals surface area contributed by atoms with Crippen LogP contribution in [0.5, 0.6) is 0 Å². The number of hydrogen-bond acceptors (Lipinski definition) is 4. The van der Waals surface area contributed by atoms with E-state index in [9.17, 15) is 9.59 Å². The van der Waals surface area contributed by atoms with Crippen LogP contribution in [0.4, 0.5) is 5.69 Å². The van der Waals surface area contributed by atoms with Gasteiger partial charge < -0.3 is 5.32 Å². The molecule has 0 radical (unpaired) electrons. The van der Waals surface area contributed by atoms with Crippen molar-refractivity contribution in [1.29, 1.82) is 0 Å². The number of anilines is 1. The Hall–Kier alpha value is -2.21. The van der Waals surface area contributed by atoms with Crippen molar-refractivity contribution in [2.45, 2.75) is 13.5 Å². The predicted octanol–water partition coefficient (Wildman–Crippen LogP) is 3.07. The van der Waals surface area contributed by atoms with Crippen LogP contribution in [0, 0.1) is 0 Å². The van der Waals surface area contributed by atoms with Gasteiger partial charge in [-0.05, 0) is 24.6 Å². The van der Waals surface area contributed by atoms with E-state index in [2.05, 4.69) is 39.4 Å². The lowest BCUT2D eigenvalue weighted by atomic mass is 10.1. The van der Waals surface area contributed by atoms with Gasteiger partial charge in [-0.15, -0.1) is 12.4 Å². The van der Waals surface area contributed by atoms with Crippen molar-refractivity contribution in [2.75, 3.05) is 38.0 Å². The summed E-state index contributed by atoms with van der Waals surface area (Å²) < 4.78 is 0. The number of piperazine rings is 1. The van der Waals surface area contributed by atoms with Gasteiger partial charge in [0, 0.05) is 44.0 Å². The average Bonchev–Trinajstić information content (AvgIpc) is 2.64. The second-order valence-corrected chi connectivity index (χ2v) is 6.72. The van der Waals surface area contributed by atoms with Crippen molar-refractivity contribution < 1.29 is 9.59 Å². The lowest BCUT2D eigenvalue weighted by molar-refractivity contribution is -0.117. The first-order chi connectivity index (χ1) is 12.6. The van der Waals surface area contributed by atoms with E-state index in [0.29, 0.717) is 17.8 Å². The van der Waals surface area contributed by atoms with Gasteiger partial charge in [0.1, 0.15) is 0 Å². The molecule has 0 bridgehead atoms. The Morgan fingerprint density at radius 3 is 2.26 bits per heavy atom. The highest BCUT2D eigenvalue weighted by Crippen LogP contribution is 2.12. The molecule has 0 aliphatic carbocycles. The molecule has 1 aliphatic heterocycles. The number of amides is 1. The van der Waals surface area contributed by atoms with E-state index in [1.807, 2.05) is 12.1 Å². The summed E-state index contributed by atoms with van der Waals surface area (Å²) >= 11 is 0. The lowest BCUT2D eigenvalue weighted by Crippen LogP contribution is -2.48. The smallest absolute Gasteiger partial charge is 0.238 e. The van der Waals surface area contributed by atoms with Crippen molar-refractivity contribution in [3.8, 4) is 0 Å². The maximum absolute atomic E-state index is 12.3. The largest absolute Gasteiger partial charge is 0.325 e. The van der Waals surface area contributed by atoms with Gasteiger partial charge in [0.15, 0.2) is 5.78 Å². The van der Waals surface area contributed by atoms with Gasteiger partial charge in [-0.1, -0.05) is 42.5 Å². The third kappa shape index (κ3) is 6.47. The number of carbonyl (C=O) groups excluding carboxylic acids is 2. The molecule has 1 amide bonds. The van der Waals surface area contributed by atoms with Gasteiger partial charge in [0.25, 0.3) is 0 Å². The molecule has 1 saturated heterocycles. The zero-order valence-electron chi connectivity index (χ0n) is 15.6. The molecule has 27 heavy (non-hydrogen) atoms. The van der Waals surface area contributed by atoms with E-state index >= 15 is 0 Å². The van der Waals surface area contributed by atoms with Gasteiger partial charge >= 0.3 is 0 Å². The number of halogens is 1. The maximum Gasteiger partial charge on any atom is 0.238 e. The Morgan fingerprint density at radius 1 is 0.926 bits per heavy atom. The van der Waals surface area contributed by atoms with Gasteiger partial charge in [-0.2, -0.15) is 0 Å². The van der Waals surface area contributed by atoms with E-state index in [1.54, 1.807) is 18.2 Å². The van der Waals surface area contributed by atoms with E-state index in [-0.39, 0.29) is 24.1 Å². The molecular weight excluding hydrogens is 362 g/mol. The minimum atomic E-state index is -0.0396. The normalized spacial score (nSPS) is 15.0. The highest BCUT2D eigenvalue weighted by atomic mass is 35.5. The molecule has 1 N–H and O–H groups in total. The minimum absolute atomic E-state index is 0. The van der Waals surface area contributed by atoms with Crippen molar-refractivity contribution in [2.24, 2.45) is 0 Å². The summed E-state index contributed by atoms with van der Waals surface area (Å²) in [5.41, 5.74) is 2.60. The number of Topliss-reactive ketones (excluding diaryl/α,β-unsaturated/α-hetero) is 1. The van der Waals surface area contributed by atoms with Crippen LogP contribution in [-0.4, -0.2) is 54.2 Å². The van der Waals surface area contributed by atoms with E-state index in [0.717, 1.165) is 32.7 Å². The molecule has 0 spiro atoms. The van der Waals surface area contributed by atoms with Crippen molar-refractivity contribution >= 4 is 29.8 Å². The molecule has 2 aromatic carbocycles.